The molecule has 10 heteroatoms. The largest absolute Gasteiger partial charge is 0.493 e. The van der Waals surface area contributed by atoms with Gasteiger partial charge in [0, 0.05) is 34.1 Å². The topological polar surface area (TPSA) is 109 Å². The molecule has 0 bridgehead atoms. The Morgan fingerprint density at radius 3 is 2.34 bits per heavy atom. The molecule has 9 nitrogen and oxygen atoms in total. The average molecular weight is 493 g/mol. The molecule has 0 atom stereocenters. The van der Waals surface area contributed by atoms with Crippen molar-refractivity contribution in [2.24, 2.45) is 0 Å². The van der Waals surface area contributed by atoms with Crippen molar-refractivity contribution in [2.45, 2.75) is 20.8 Å². The Bertz CT molecular complexity index is 1420. The number of nitro groups is 1. The molecule has 0 saturated carbocycles. The van der Waals surface area contributed by atoms with Crippen molar-refractivity contribution in [1.82, 2.24) is 9.55 Å². The van der Waals surface area contributed by atoms with Crippen LogP contribution in [-0.4, -0.2) is 34.6 Å². The van der Waals surface area contributed by atoms with E-state index in [-0.39, 0.29) is 17.1 Å². The van der Waals surface area contributed by atoms with E-state index in [1.165, 1.54) is 43.3 Å². The second-order valence-electron chi connectivity index (χ2n) is 7.93. The molecule has 2 aromatic carbocycles. The summed E-state index contributed by atoms with van der Waals surface area (Å²) < 4.78 is 12.5. The van der Waals surface area contributed by atoms with Crippen LogP contribution in [-0.2, 0) is 0 Å². The smallest absolute Gasteiger partial charge is 0.286 e. The molecule has 0 saturated heterocycles. The maximum atomic E-state index is 12.9. The number of amides is 1. The second kappa shape index (κ2) is 9.59. The van der Waals surface area contributed by atoms with Gasteiger partial charge >= 0.3 is 0 Å². The molecule has 0 radical (unpaired) electrons. The van der Waals surface area contributed by atoms with Crippen LogP contribution >= 0.6 is 11.3 Å². The van der Waals surface area contributed by atoms with Crippen molar-refractivity contribution < 1.29 is 19.2 Å². The molecule has 180 valence electrons. The molecule has 0 spiro atoms. The number of nitrogens with one attached hydrogen (secondary N) is 1. The number of aryl methyl sites for hydroxylation is 2. The number of nitro benzene ring substituents is 1. The lowest BCUT2D eigenvalue weighted by Crippen LogP contribution is -2.14. The number of rotatable bonds is 7. The highest BCUT2D eigenvalue weighted by atomic mass is 32.1. The first-order valence-corrected chi connectivity index (χ1v) is 11.5. The normalized spacial score (nSPS) is 10.8. The second-order valence-corrected chi connectivity index (χ2v) is 8.79. The summed E-state index contributed by atoms with van der Waals surface area (Å²) in [5.41, 5.74) is 5.43. The summed E-state index contributed by atoms with van der Waals surface area (Å²) in [5.74, 6) is -0.286. The maximum Gasteiger partial charge on any atom is 0.286 e. The Kier molecular flexibility index (Phi) is 6.57. The predicted molar refractivity (Wildman–Crippen MR) is 135 cm³/mol. The number of hydrogen-bond acceptors (Lipinski definition) is 7. The van der Waals surface area contributed by atoms with Crippen LogP contribution in [0.4, 0.5) is 10.8 Å². The third-order valence-electron chi connectivity index (χ3n) is 5.67. The van der Waals surface area contributed by atoms with Gasteiger partial charge in [0.2, 0.25) is 0 Å². The Hall–Kier alpha value is -4.18. The number of thiazole rings is 1. The molecular weight excluding hydrogens is 468 g/mol. The van der Waals surface area contributed by atoms with Gasteiger partial charge in [-0.05, 0) is 39.0 Å². The molecule has 2 heterocycles. The molecule has 0 fully saturated rings. The van der Waals surface area contributed by atoms with Gasteiger partial charge in [-0.2, -0.15) is 0 Å². The van der Waals surface area contributed by atoms with Crippen LogP contribution in [0.3, 0.4) is 0 Å². The summed E-state index contributed by atoms with van der Waals surface area (Å²) in [7, 11) is 2.76. The van der Waals surface area contributed by atoms with E-state index in [9.17, 15) is 14.9 Å². The fourth-order valence-corrected chi connectivity index (χ4v) is 4.64. The van der Waals surface area contributed by atoms with Crippen molar-refractivity contribution in [3.63, 3.8) is 0 Å². The van der Waals surface area contributed by atoms with Crippen LogP contribution in [0.2, 0.25) is 0 Å². The fourth-order valence-electron chi connectivity index (χ4n) is 3.93. The lowest BCUT2D eigenvalue weighted by atomic mass is 10.1. The summed E-state index contributed by atoms with van der Waals surface area (Å²) in [6, 6.07) is 12.8. The van der Waals surface area contributed by atoms with E-state index in [1.54, 1.807) is 0 Å². The van der Waals surface area contributed by atoms with Crippen molar-refractivity contribution in [3.8, 4) is 28.4 Å². The van der Waals surface area contributed by atoms with Crippen LogP contribution in [0.5, 0.6) is 11.5 Å². The van der Waals surface area contributed by atoms with Gasteiger partial charge in [0.05, 0.1) is 30.9 Å². The Morgan fingerprint density at radius 1 is 1.06 bits per heavy atom. The average Bonchev–Trinajstić information content (AvgIpc) is 3.42. The SMILES string of the molecule is COc1cc(C(=O)Nc2nc(-c3cc(C)n(-c4ccc(C)cc4)c3C)cs2)c([N+](=O)[O-])cc1OC. The summed E-state index contributed by atoms with van der Waals surface area (Å²) in [6.07, 6.45) is 0. The lowest BCUT2D eigenvalue weighted by Gasteiger charge is -2.10. The molecule has 0 unspecified atom stereocenters. The number of carbonyl (C=O) groups excluding carboxylic acids is 1. The molecule has 1 amide bonds. The van der Waals surface area contributed by atoms with E-state index in [0.29, 0.717) is 10.8 Å². The van der Waals surface area contributed by atoms with Crippen LogP contribution in [0, 0.1) is 30.9 Å². The molecular formula is C25H24N4O5S. The summed E-state index contributed by atoms with van der Waals surface area (Å²) >= 11 is 1.24. The van der Waals surface area contributed by atoms with Gasteiger partial charge in [0.15, 0.2) is 16.6 Å². The zero-order chi connectivity index (χ0) is 25.3. The van der Waals surface area contributed by atoms with Gasteiger partial charge in [0.25, 0.3) is 11.6 Å². The number of ether oxygens (including phenoxy) is 2. The Labute approximate surface area is 206 Å². The molecule has 1 N–H and O–H groups in total. The Morgan fingerprint density at radius 2 is 1.71 bits per heavy atom. The minimum atomic E-state index is -0.663. The fraction of sp³-hybridized carbons (Fsp3) is 0.200. The molecule has 0 aliphatic carbocycles. The van der Waals surface area contributed by atoms with Crippen molar-refractivity contribution in [1.29, 1.82) is 0 Å². The first kappa shape index (κ1) is 24.0. The highest BCUT2D eigenvalue weighted by Crippen LogP contribution is 2.36. The quantitative estimate of drug-likeness (QED) is 0.262. The van der Waals surface area contributed by atoms with Crippen LogP contribution in [0.25, 0.3) is 16.9 Å². The summed E-state index contributed by atoms with van der Waals surface area (Å²) in [6.45, 7) is 6.10. The van der Waals surface area contributed by atoms with Gasteiger partial charge in [-0.3, -0.25) is 20.2 Å². The van der Waals surface area contributed by atoms with E-state index in [4.69, 9.17) is 9.47 Å². The molecule has 4 aromatic rings. The van der Waals surface area contributed by atoms with Gasteiger partial charge in [0.1, 0.15) is 5.56 Å². The lowest BCUT2D eigenvalue weighted by molar-refractivity contribution is -0.385. The van der Waals surface area contributed by atoms with Crippen LogP contribution in [0.1, 0.15) is 27.3 Å². The van der Waals surface area contributed by atoms with Crippen LogP contribution < -0.4 is 14.8 Å². The molecule has 0 aliphatic heterocycles. The maximum absolute atomic E-state index is 12.9. The van der Waals surface area contributed by atoms with Gasteiger partial charge < -0.3 is 14.0 Å². The van der Waals surface area contributed by atoms with E-state index in [1.807, 2.05) is 26.2 Å². The number of benzene rings is 2. The first-order valence-electron chi connectivity index (χ1n) is 10.7. The summed E-state index contributed by atoms with van der Waals surface area (Å²) in [5, 5.41) is 16.4. The predicted octanol–water partition coefficient (Wildman–Crippen LogP) is 5.70. The molecule has 0 aliphatic rings. The zero-order valence-electron chi connectivity index (χ0n) is 19.9. The Balaban J connectivity index is 1.63. The molecule has 35 heavy (non-hydrogen) atoms. The van der Waals surface area contributed by atoms with Gasteiger partial charge in [-0.1, -0.05) is 17.7 Å². The first-order chi connectivity index (χ1) is 16.7. The minimum Gasteiger partial charge on any atom is -0.493 e. The van der Waals surface area contributed by atoms with Crippen molar-refractivity contribution in [3.05, 3.63) is 80.5 Å². The molecule has 4 rings (SSSR count). The third kappa shape index (κ3) is 4.60. The number of anilines is 1. The van der Waals surface area contributed by atoms with E-state index >= 15 is 0 Å². The van der Waals surface area contributed by atoms with Crippen molar-refractivity contribution >= 4 is 28.1 Å². The van der Waals surface area contributed by atoms with E-state index < -0.39 is 16.5 Å². The zero-order valence-corrected chi connectivity index (χ0v) is 20.7. The number of aromatic nitrogens is 2. The number of nitrogens with zero attached hydrogens (tertiary/aromatic N) is 3. The number of carbonyl (C=O) groups is 1. The highest BCUT2D eigenvalue weighted by Gasteiger charge is 2.25. The third-order valence-corrected chi connectivity index (χ3v) is 6.42. The standard InChI is InChI=1S/C25H24N4O5S/c1-14-6-8-17(9-7-14)28-15(2)10-18(16(28)3)20-13-35-25(26-20)27-24(30)19-11-22(33-4)23(34-5)12-21(19)29(31)32/h6-13H,1-5H3,(H,26,27,30). The summed E-state index contributed by atoms with van der Waals surface area (Å²) in [4.78, 5) is 28.4. The molecule has 2 aromatic heterocycles. The van der Waals surface area contributed by atoms with Crippen molar-refractivity contribution in [2.75, 3.05) is 19.5 Å². The number of methoxy groups -OCH3 is 2. The van der Waals surface area contributed by atoms with Crippen LogP contribution in [0.15, 0.2) is 47.8 Å². The van der Waals surface area contributed by atoms with E-state index in [0.717, 1.165) is 22.6 Å². The van der Waals surface area contributed by atoms with Gasteiger partial charge in [-0.15, -0.1) is 11.3 Å². The number of hydrogen-bond donors (Lipinski definition) is 1. The highest BCUT2D eigenvalue weighted by molar-refractivity contribution is 7.14. The minimum absolute atomic E-state index is 0.151. The van der Waals surface area contributed by atoms with Gasteiger partial charge in [-0.25, -0.2) is 4.98 Å². The monoisotopic (exact) mass is 492 g/mol. The van der Waals surface area contributed by atoms with E-state index in [2.05, 4.69) is 45.2 Å².